The van der Waals surface area contributed by atoms with Gasteiger partial charge in [0.15, 0.2) is 12.4 Å². The van der Waals surface area contributed by atoms with Crippen LogP contribution in [0.15, 0.2) is 24.3 Å². The lowest BCUT2D eigenvalue weighted by Gasteiger charge is -2.48. The molecule has 156 valence electrons. The van der Waals surface area contributed by atoms with E-state index in [2.05, 4.69) is 0 Å². The van der Waals surface area contributed by atoms with Gasteiger partial charge in [0.05, 0.1) is 17.9 Å². The smallest absolute Gasteiger partial charge is 0.354 e. The lowest BCUT2D eigenvalue weighted by molar-refractivity contribution is -0.161. The Morgan fingerprint density at radius 2 is 1.86 bits per heavy atom. The third-order valence-electron chi connectivity index (χ3n) is 5.39. The van der Waals surface area contributed by atoms with Crippen molar-refractivity contribution in [2.45, 2.75) is 39.3 Å². The van der Waals surface area contributed by atoms with E-state index in [0.29, 0.717) is 11.3 Å². The third kappa shape index (κ3) is 3.42. The number of nitrogens with zero attached hydrogens (tertiary/aromatic N) is 2. The molecule has 1 atom stereocenters. The zero-order valence-corrected chi connectivity index (χ0v) is 17.2. The van der Waals surface area contributed by atoms with Crippen LogP contribution in [0.2, 0.25) is 0 Å². The Labute approximate surface area is 169 Å². The Hall–Kier alpha value is -2.74. The Morgan fingerprint density at radius 1 is 1.17 bits per heavy atom. The number of hydrogen-bond acceptors (Lipinski definition) is 6. The van der Waals surface area contributed by atoms with Gasteiger partial charge in [0.2, 0.25) is 11.6 Å². The first kappa shape index (κ1) is 21.0. The Morgan fingerprint density at radius 3 is 2.52 bits per heavy atom. The number of methoxy groups -OCH3 is 1. The van der Waals surface area contributed by atoms with Crippen molar-refractivity contribution in [3.05, 3.63) is 29.8 Å². The van der Waals surface area contributed by atoms with Crippen molar-refractivity contribution in [1.29, 1.82) is 0 Å². The predicted molar refractivity (Wildman–Crippen MR) is 104 cm³/mol. The van der Waals surface area contributed by atoms with E-state index >= 15 is 0 Å². The van der Waals surface area contributed by atoms with Gasteiger partial charge in [0.25, 0.3) is 5.91 Å². The molecule has 0 aromatic heterocycles. The highest BCUT2D eigenvalue weighted by Crippen LogP contribution is 2.45. The summed E-state index contributed by atoms with van der Waals surface area (Å²) in [6.07, 6.45) is 0.186. The maximum absolute atomic E-state index is 13.3. The quantitative estimate of drug-likeness (QED) is 0.674. The van der Waals surface area contributed by atoms with E-state index < -0.39 is 23.7 Å². The Balaban J connectivity index is 2.04. The molecule has 0 aliphatic carbocycles. The number of benzene rings is 1. The summed E-state index contributed by atoms with van der Waals surface area (Å²) in [5.41, 5.74) is -1.56. The maximum atomic E-state index is 13.3. The molecular weight excluding hydrogens is 376 g/mol. The van der Waals surface area contributed by atoms with E-state index in [9.17, 15) is 19.2 Å². The number of rotatable bonds is 6. The number of carbonyl (C=O) groups is 4. The molecular formula is C21H26N2O6. The summed E-state index contributed by atoms with van der Waals surface area (Å²) in [6.45, 7) is 5.08. The van der Waals surface area contributed by atoms with Crippen molar-refractivity contribution in [2.24, 2.45) is 5.41 Å². The number of fused-ring (bicyclic) bond motifs is 3. The van der Waals surface area contributed by atoms with Crippen molar-refractivity contribution in [3.8, 4) is 0 Å². The molecule has 0 saturated carbocycles. The zero-order valence-electron chi connectivity index (χ0n) is 17.2. The highest BCUT2D eigenvalue weighted by Gasteiger charge is 2.61. The van der Waals surface area contributed by atoms with Gasteiger partial charge < -0.3 is 14.4 Å². The highest BCUT2D eigenvalue weighted by molar-refractivity contribution is 6.15. The lowest BCUT2D eigenvalue weighted by atomic mass is 9.91. The van der Waals surface area contributed by atoms with Gasteiger partial charge in [-0.25, -0.2) is 4.79 Å². The van der Waals surface area contributed by atoms with Crippen LogP contribution in [0.25, 0.3) is 0 Å². The van der Waals surface area contributed by atoms with Crippen molar-refractivity contribution >= 4 is 29.3 Å². The second-order valence-corrected chi connectivity index (χ2v) is 8.26. The van der Waals surface area contributed by atoms with Crippen molar-refractivity contribution < 1.29 is 28.7 Å². The number of amides is 2. The highest BCUT2D eigenvalue weighted by atomic mass is 16.5. The van der Waals surface area contributed by atoms with E-state index in [1.807, 2.05) is 0 Å². The largest absolute Gasteiger partial charge is 0.455 e. The monoisotopic (exact) mass is 402 g/mol. The molecule has 0 N–H and O–H groups in total. The first-order chi connectivity index (χ1) is 13.6. The average Bonchev–Trinajstić information content (AvgIpc) is 3.03. The molecule has 1 aromatic rings. The summed E-state index contributed by atoms with van der Waals surface area (Å²) in [5.74, 6) is -1.67. The zero-order chi connectivity index (χ0) is 21.4. The van der Waals surface area contributed by atoms with Crippen LogP contribution in [0.4, 0.5) is 5.69 Å². The number of esters is 1. The molecule has 8 heteroatoms. The van der Waals surface area contributed by atoms with Crippen LogP contribution in [-0.4, -0.2) is 61.0 Å². The molecule has 8 nitrogen and oxygen atoms in total. The van der Waals surface area contributed by atoms with Gasteiger partial charge in [0, 0.05) is 31.9 Å². The predicted octanol–water partition coefficient (Wildman–Crippen LogP) is 1.77. The average molecular weight is 402 g/mol. The molecule has 3 rings (SSSR count). The van der Waals surface area contributed by atoms with Gasteiger partial charge >= 0.3 is 5.97 Å². The summed E-state index contributed by atoms with van der Waals surface area (Å²) in [7, 11) is 1.49. The molecule has 1 fully saturated rings. The van der Waals surface area contributed by atoms with Crippen LogP contribution in [0.5, 0.6) is 0 Å². The van der Waals surface area contributed by atoms with Gasteiger partial charge in [-0.3, -0.25) is 19.3 Å². The fourth-order valence-electron chi connectivity index (χ4n) is 3.70. The topological polar surface area (TPSA) is 93.2 Å². The Kier molecular flexibility index (Phi) is 5.49. The standard InChI is InChI=1S/C21H26N2O6/c1-20(2,3)16(24)13-29-19(27)21-10-9-17(25)23(21)15-8-6-5-7-14(15)18(26)22(21)11-12-28-4/h5-8H,9-13H2,1-4H3/t21-/m1/s1. The lowest BCUT2D eigenvalue weighted by Crippen LogP contribution is -2.69. The fraction of sp³-hybridized carbons (Fsp3) is 0.524. The minimum atomic E-state index is -1.61. The molecule has 1 saturated heterocycles. The van der Waals surface area contributed by atoms with Crippen molar-refractivity contribution in [3.63, 3.8) is 0 Å². The molecule has 29 heavy (non-hydrogen) atoms. The molecule has 0 unspecified atom stereocenters. The van der Waals surface area contributed by atoms with Crippen LogP contribution in [0.3, 0.4) is 0 Å². The number of ether oxygens (including phenoxy) is 2. The van der Waals surface area contributed by atoms with Crippen molar-refractivity contribution in [1.82, 2.24) is 4.90 Å². The van der Waals surface area contributed by atoms with Gasteiger partial charge in [-0.15, -0.1) is 0 Å². The number of Topliss-reactive ketones (excluding diaryl/α,β-unsaturated/α-hetero) is 1. The summed E-state index contributed by atoms with van der Waals surface area (Å²) in [5, 5.41) is 0. The van der Waals surface area contributed by atoms with Gasteiger partial charge in [-0.05, 0) is 12.1 Å². The third-order valence-corrected chi connectivity index (χ3v) is 5.39. The Bertz CT molecular complexity index is 859. The van der Waals surface area contributed by atoms with E-state index in [4.69, 9.17) is 9.47 Å². The van der Waals surface area contributed by atoms with Gasteiger partial charge in [0.1, 0.15) is 0 Å². The number of carbonyl (C=O) groups excluding carboxylic acids is 4. The summed E-state index contributed by atoms with van der Waals surface area (Å²) in [6, 6.07) is 6.69. The summed E-state index contributed by atoms with van der Waals surface area (Å²) >= 11 is 0. The van der Waals surface area contributed by atoms with E-state index in [1.165, 1.54) is 16.9 Å². The maximum Gasteiger partial charge on any atom is 0.354 e. The summed E-state index contributed by atoms with van der Waals surface area (Å²) < 4.78 is 10.5. The number of para-hydroxylation sites is 1. The van der Waals surface area contributed by atoms with Crippen LogP contribution in [0.1, 0.15) is 44.0 Å². The molecule has 0 spiro atoms. The minimum Gasteiger partial charge on any atom is -0.455 e. The minimum absolute atomic E-state index is 0.0907. The van der Waals surface area contributed by atoms with Crippen LogP contribution in [-0.2, 0) is 23.9 Å². The van der Waals surface area contributed by atoms with Crippen LogP contribution in [0, 0.1) is 5.41 Å². The molecule has 2 aliphatic heterocycles. The molecule has 2 amide bonds. The number of anilines is 1. The van der Waals surface area contributed by atoms with Crippen LogP contribution < -0.4 is 4.90 Å². The van der Waals surface area contributed by atoms with Crippen molar-refractivity contribution in [2.75, 3.05) is 31.8 Å². The number of ketones is 1. The fourth-order valence-corrected chi connectivity index (χ4v) is 3.70. The first-order valence-electron chi connectivity index (χ1n) is 9.58. The molecule has 2 heterocycles. The van der Waals surface area contributed by atoms with Gasteiger partial charge in [-0.1, -0.05) is 32.9 Å². The van der Waals surface area contributed by atoms with E-state index in [1.54, 1.807) is 45.0 Å². The van der Waals surface area contributed by atoms with Gasteiger partial charge in [-0.2, -0.15) is 0 Å². The molecule has 0 radical (unpaired) electrons. The number of hydrogen-bond donors (Lipinski definition) is 0. The second-order valence-electron chi connectivity index (χ2n) is 8.26. The first-order valence-corrected chi connectivity index (χ1v) is 9.58. The normalized spacial score (nSPS) is 21.1. The SMILES string of the molecule is COCCN1C(=O)c2ccccc2N2C(=O)CC[C@@]12C(=O)OCC(=O)C(C)(C)C. The van der Waals surface area contributed by atoms with E-state index in [0.717, 1.165) is 0 Å². The summed E-state index contributed by atoms with van der Waals surface area (Å²) in [4.78, 5) is 54.3. The molecule has 0 bridgehead atoms. The van der Waals surface area contributed by atoms with E-state index in [-0.39, 0.29) is 43.6 Å². The molecule has 2 aliphatic rings. The van der Waals surface area contributed by atoms with Crippen LogP contribution >= 0.6 is 0 Å². The molecule has 1 aromatic carbocycles. The second kappa shape index (κ2) is 7.59.